The molecule has 2 aromatic rings. The first-order valence-electron chi connectivity index (χ1n) is 7.02. The number of aryl methyl sites for hydroxylation is 2. The second-order valence-electron chi connectivity index (χ2n) is 5.03. The van der Waals surface area contributed by atoms with Gasteiger partial charge in [-0.15, -0.1) is 0 Å². The van der Waals surface area contributed by atoms with Gasteiger partial charge in [-0.2, -0.15) is 10.2 Å². The molecule has 2 rings (SSSR count). The largest absolute Gasteiger partial charge is 0.324 e. The van der Waals surface area contributed by atoms with Crippen LogP contribution in [-0.4, -0.2) is 16.1 Å². The van der Waals surface area contributed by atoms with E-state index in [4.69, 9.17) is 5.73 Å². The monoisotopic (exact) mass is 284 g/mol. The molecule has 5 heteroatoms. The number of hydrogen-bond donors (Lipinski definition) is 2. The Bertz CT molecular complexity index is 652. The van der Waals surface area contributed by atoms with Gasteiger partial charge in [0.15, 0.2) is 0 Å². The number of hydrogen-bond acceptors (Lipinski definition) is 4. The van der Waals surface area contributed by atoms with E-state index in [0.717, 1.165) is 16.9 Å². The van der Waals surface area contributed by atoms with Gasteiger partial charge in [-0.05, 0) is 38.0 Å². The number of carbonyl (C=O) groups excluding carboxylic acids is 1. The second kappa shape index (κ2) is 6.45. The molecule has 5 nitrogen and oxygen atoms in total. The number of nitrogens with zero attached hydrogens (tertiary/aromatic N) is 2. The number of carbonyl (C=O) groups is 1. The van der Waals surface area contributed by atoms with Gasteiger partial charge in [0.2, 0.25) is 0 Å². The molecule has 1 unspecified atom stereocenters. The molecule has 1 atom stereocenters. The van der Waals surface area contributed by atoms with Gasteiger partial charge >= 0.3 is 0 Å². The van der Waals surface area contributed by atoms with E-state index >= 15 is 0 Å². The maximum absolute atomic E-state index is 12.5. The number of anilines is 1. The van der Waals surface area contributed by atoms with Crippen molar-refractivity contribution in [1.82, 2.24) is 10.2 Å². The molecule has 0 spiro atoms. The lowest BCUT2D eigenvalue weighted by atomic mass is 10.1. The standard InChI is InChI=1S/C16H20N4O/c1-4-14-13(9-10(2)19-20-14)16(21)18-15-8-6-5-7-12(15)11(3)17/h5-9,11H,4,17H2,1-3H3,(H,18,21). The number of nitrogens with two attached hydrogens (primary N) is 1. The van der Waals surface area contributed by atoms with Crippen molar-refractivity contribution in [2.75, 3.05) is 5.32 Å². The van der Waals surface area contributed by atoms with Gasteiger partial charge in [-0.25, -0.2) is 0 Å². The highest BCUT2D eigenvalue weighted by molar-refractivity contribution is 6.05. The molecule has 0 radical (unpaired) electrons. The van der Waals surface area contributed by atoms with Crippen LogP contribution in [0.15, 0.2) is 30.3 Å². The highest BCUT2D eigenvalue weighted by Gasteiger charge is 2.15. The fourth-order valence-electron chi connectivity index (χ4n) is 2.17. The van der Waals surface area contributed by atoms with Gasteiger partial charge in [-0.1, -0.05) is 25.1 Å². The lowest BCUT2D eigenvalue weighted by Gasteiger charge is -2.14. The summed E-state index contributed by atoms with van der Waals surface area (Å²) in [7, 11) is 0. The van der Waals surface area contributed by atoms with Crippen LogP contribution in [0.25, 0.3) is 0 Å². The maximum atomic E-state index is 12.5. The molecule has 0 aliphatic heterocycles. The first kappa shape index (κ1) is 15.1. The summed E-state index contributed by atoms with van der Waals surface area (Å²) in [6.07, 6.45) is 0.658. The number of benzene rings is 1. The predicted molar refractivity (Wildman–Crippen MR) is 83.1 cm³/mol. The van der Waals surface area contributed by atoms with Gasteiger partial charge in [0.05, 0.1) is 17.0 Å². The van der Waals surface area contributed by atoms with Gasteiger partial charge in [0, 0.05) is 11.7 Å². The number of amides is 1. The van der Waals surface area contributed by atoms with Crippen molar-refractivity contribution in [1.29, 1.82) is 0 Å². The Hall–Kier alpha value is -2.27. The van der Waals surface area contributed by atoms with Gasteiger partial charge in [0.25, 0.3) is 5.91 Å². The van der Waals surface area contributed by atoms with E-state index in [1.54, 1.807) is 6.07 Å². The van der Waals surface area contributed by atoms with Crippen LogP contribution in [-0.2, 0) is 6.42 Å². The third-order valence-electron chi connectivity index (χ3n) is 3.27. The molecule has 1 heterocycles. The molecule has 0 saturated carbocycles. The average Bonchev–Trinajstić information content (AvgIpc) is 2.47. The zero-order valence-electron chi connectivity index (χ0n) is 12.6. The number of aromatic nitrogens is 2. The Labute approximate surface area is 124 Å². The van der Waals surface area contributed by atoms with Crippen molar-refractivity contribution >= 4 is 11.6 Å². The second-order valence-corrected chi connectivity index (χ2v) is 5.03. The molecule has 1 aromatic heterocycles. The van der Waals surface area contributed by atoms with Gasteiger partial charge in [-0.3, -0.25) is 4.79 Å². The molecule has 0 aliphatic rings. The third-order valence-corrected chi connectivity index (χ3v) is 3.27. The van der Waals surface area contributed by atoms with E-state index in [2.05, 4.69) is 15.5 Å². The van der Waals surface area contributed by atoms with Crippen LogP contribution in [0.3, 0.4) is 0 Å². The molecule has 0 bridgehead atoms. The summed E-state index contributed by atoms with van der Waals surface area (Å²) in [5, 5.41) is 11.0. The van der Waals surface area contributed by atoms with Crippen LogP contribution in [0.5, 0.6) is 0 Å². The van der Waals surface area contributed by atoms with Crippen LogP contribution < -0.4 is 11.1 Å². The Balaban J connectivity index is 2.33. The van der Waals surface area contributed by atoms with E-state index in [0.29, 0.717) is 17.7 Å². The summed E-state index contributed by atoms with van der Waals surface area (Å²) in [6.45, 7) is 5.66. The van der Waals surface area contributed by atoms with E-state index in [1.807, 2.05) is 45.0 Å². The number of para-hydroxylation sites is 1. The summed E-state index contributed by atoms with van der Waals surface area (Å²) < 4.78 is 0. The van der Waals surface area contributed by atoms with Crippen LogP contribution in [0.1, 0.15) is 47.2 Å². The highest BCUT2D eigenvalue weighted by atomic mass is 16.1. The summed E-state index contributed by atoms with van der Waals surface area (Å²) in [6, 6.07) is 9.16. The summed E-state index contributed by atoms with van der Waals surface area (Å²) in [4.78, 5) is 12.5. The molecule has 21 heavy (non-hydrogen) atoms. The highest BCUT2D eigenvalue weighted by Crippen LogP contribution is 2.22. The Morgan fingerprint density at radius 1 is 1.33 bits per heavy atom. The van der Waals surface area contributed by atoms with Crippen molar-refractivity contribution in [3.8, 4) is 0 Å². The van der Waals surface area contributed by atoms with Crippen molar-refractivity contribution in [3.63, 3.8) is 0 Å². The molecule has 0 saturated heterocycles. The summed E-state index contributed by atoms with van der Waals surface area (Å²) >= 11 is 0. The molecular formula is C16H20N4O. The molecule has 1 aromatic carbocycles. The number of nitrogens with one attached hydrogen (secondary N) is 1. The molecule has 0 aliphatic carbocycles. The van der Waals surface area contributed by atoms with Crippen molar-refractivity contribution in [3.05, 3.63) is 52.8 Å². The van der Waals surface area contributed by atoms with Crippen LogP contribution in [0.2, 0.25) is 0 Å². The van der Waals surface area contributed by atoms with E-state index in [1.165, 1.54) is 0 Å². The molecule has 1 amide bonds. The first-order valence-corrected chi connectivity index (χ1v) is 7.02. The van der Waals surface area contributed by atoms with Gasteiger partial charge < -0.3 is 11.1 Å². The SMILES string of the molecule is CCc1nnc(C)cc1C(=O)Nc1ccccc1C(C)N. The lowest BCUT2D eigenvalue weighted by molar-refractivity contribution is 0.102. The van der Waals surface area contributed by atoms with Gasteiger partial charge in [0.1, 0.15) is 0 Å². The molecule has 3 N–H and O–H groups in total. The minimum atomic E-state index is -0.182. The fourth-order valence-corrected chi connectivity index (χ4v) is 2.17. The summed E-state index contributed by atoms with van der Waals surface area (Å²) in [5.41, 5.74) is 9.54. The van der Waals surface area contributed by atoms with E-state index in [9.17, 15) is 4.79 Å². The van der Waals surface area contributed by atoms with Crippen LogP contribution in [0, 0.1) is 6.92 Å². The Morgan fingerprint density at radius 2 is 2.05 bits per heavy atom. The van der Waals surface area contributed by atoms with Crippen LogP contribution in [0.4, 0.5) is 5.69 Å². The van der Waals surface area contributed by atoms with E-state index < -0.39 is 0 Å². The zero-order valence-corrected chi connectivity index (χ0v) is 12.6. The van der Waals surface area contributed by atoms with Crippen LogP contribution >= 0.6 is 0 Å². The lowest BCUT2D eigenvalue weighted by Crippen LogP contribution is -2.18. The predicted octanol–water partition coefficient (Wildman–Crippen LogP) is 2.62. The fraction of sp³-hybridized carbons (Fsp3) is 0.312. The molecule has 110 valence electrons. The normalized spacial score (nSPS) is 12.0. The Kier molecular flexibility index (Phi) is 4.65. The minimum absolute atomic E-state index is 0.149. The quantitative estimate of drug-likeness (QED) is 0.904. The van der Waals surface area contributed by atoms with Crippen molar-refractivity contribution in [2.45, 2.75) is 33.2 Å². The topological polar surface area (TPSA) is 80.9 Å². The van der Waals surface area contributed by atoms with Crippen molar-refractivity contribution in [2.24, 2.45) is 5.73 Å². The smallest absolute Gasteiger partial charge is 0.257 e. The van der Waals surface area contributed by atoms with E-state index in [-0.39, 0.29) is 11.9 Å². The Morgan fingerprint density at radius 3 is 2.71 bits per heavy atom. The third kappa shape index (κ3) is 3.44. The molecule has 0 fully saturated rings. The molecular weight excluding hydrogens is 264 g/mol. The maximum Gasteiger partial charge on any atom is 0.257 e. The minimum Gasteiger partial charge on any atom is -0.324 e. The average molecular weight is 284 g/mol. The summed E-state index contributed by atoms with van der Waals surface area (Å²) in [5.74, 6) is -0.182. The first-order chi connectivity index (χ1) is 10.0. The zero-order chi connectivity index (χ0) is 15.4. The van der Waals surface area contributed by atoms with Crippen molar-refractivity contribution < 1.29 is 4.79 Å². The number of rotatable bonds is 4.